The monoisotopic (exact) mass is 372 g/mol. The van der Waals surface area contributed by atoms with Crippen molar-refractivity contribution in [2.75, 3.05) is 0 Å². The van der Waals surface area contributed by atoms with Crippen LogP contribution in [-0.4, -0.2) is 21.8 Å². The minimum Gasteiger partial charge on any atom is -0.506 e. The molecule has 1 aliphatic rings. The summed E-state index contributed by atoms with van der Waals surface area (Å²) in [6, 6.07) is 1.81. The van der Waals surface area contributed by atoms with Gasteiger partial charge in [-0.15, -0.1) is 0 Å². The standard InChI is InChI=1S/C23H32O4/c1-5-6-7-8-11-17-15-19-18(21(24)20(17)22(25)26)12-14-23(4,27-19)13-9-10-16(2)3/h10,12,14-15,24H,5-9,11,13H2,1-4H3,(H,25,26). The third-order valence-corrected chi connectivity index (χ3v) is 5.04. The van der Waals surface area contributed by atoms with Crippen molar-refractivity contribution < 1.29 is 19.7 Å². The van der Waals surface area contributed by atoms with Gasteiger partial charge in [-0.05, 0) is 70.2 Å². The summed E-state index contributed by atoms with van der Waals surface area (Å²) in [4.78, 5) is 11.7. The zero-order valence-corrected chi connectivity index (χ0v) is 17.0. The Balaban J connectivity index is 2.30. The number of phenols is 1. The van der Waals surface area contributed by atoms with Crippen LogP contribution >= 0.6 is 0 Å². The largest absolute Gasteiger partial charge is 0.506 e. The first-order valence-corrected chi connectivity index (χ1v) is 9.91. The van der Waals surface area contributed by atoms with Gasteiger partial charge in [0.25, 0.3) is 0 Å². The highest BCUT2D eigenvalue weighted by molar-refractivity contribution is 5.95. The molecule has 1 atom stereocenters. The smallest absolute Gasteiger partial charge is 0.339 e. The quantitative estimate of drug-likeness (QED) is 0.404. The van der Waals surface area contributed by atoms with Crippen LogP contribution in [0.5, 0.6) is 11.5 Å². The lowest BCUT2D eigenvalue weighted by Crippen LogP contribution is -2.32. The number of carbonyl (C=O) groups is 1. The fourth-order valence-corrected chi connectivity index (χ4v) is 3.46. The second-order valence-electron chi connectivity index (χ2n) is 7.86. The molecule has 1 aliphatic heterocycles. The van der Waals surface area contributed by atoms with Crippen molar-refractivity contribution in [1.29, 1.82) is 0 Å². The molecule has 2 N–H and O–H groups in total. The zero-order chi connectivity index (χ0) is 20.0. The number of carboxylic acids is 1. The number of hydrogen-bond acceptors (Lipinski definition) is 3. The lowest BCUT2D eigenvalue weighted by Gasteiger charge is -2.32. The Hall–Kier alpha value is -2.23. The second kappa shape index (κ2) is 9.12. The van der Waals surface area contributed by atoms with Crippen LogP contribution in [-0.2, 0) is 6.42 Å². The second-order valence-corrected chi connectivity index (χ2v) is 7.86. The first-order chi connectivity index (χ1) is 12.8. The van der Waals surface area contributed by atoms with Crippen LogP contribution in [0.2, 0.25) is 0 Å². The molecule has 0 saturated carbocycles. The molecule has 0 radical (unpaired) electrons. The van der Waals surface area contributed by atoms with E-state index in [1.54, 1.807) is 6.08 Å². The Morgan fingerprint density at radius 2 is 2.00 bits per heavy atom. The summed E-state index contributed by atoms with van der Waals surface area (Å²) in [5.74, 6) is -0.704. The molecule has 4 heteroatoms. The maximum Gasteiger partial charge on any atom is 0.339 e. The van der Waals surface area contributed by atoms with Crippen LogP contribution in [0.15, 0.2) is 23.8 Å². The van der Waals surface area contributed by atoms with Crippen LogP contribution < -0.4 is 4.74 Å². The summed E-state index contributed by atoms with van der Waals surface area (Å²) in [7, 11) is 0. The van der Waals surface area contributed by atoms with Gasteiger partial charge in [0.05, 0.1) is 5.56 Å². The molecule has 0 bridgehead atoms. The summed E-state index contributed by atoms with van der Waals surface area (Å²) in [6.07, 6.45) is 12.5. The maximum atomic E-state index is 11.7. The highest BCUT2D eigenvalue weighted by Gasteiger charge is 2.31. The normalized spacial score (nSPS) is 17.9. The number of fused-ring (bicyclic) bond motifs is 1. The van der Waals surface area contributed by atoms with Crippen molar-refractivity contribution in [2.45, 2.75) is 78.2 Å². The van der Waals surface area contributed by atoms with Crippen LogP contribution in [0.25, 0.3) is 6.08 Å². The molecule has 2 rings (SSSR count). The van der Waals surface area contributed by atoms with Gasteiger partial charge in [0, 0.05) is 0 Å². The van der Waals surface area contributed by atoms with Gasteiger partial charge in [-0.3, -0.25) is 0 Å². The first kappa shape index (κ1) is 21.1. The van der Waals surface area contributed by atoms with E-state index in [4.69, 9.17) is 4.74 Å². The van der Waals surface area contributed by atoms with Gasteiger partial charge >= 0.3 is 5.97 Å². The molecule has 1 aromatic carbocycles. The molecule has 1 unspecified atom stereocenters. The number of aromatic carboxylic acids is 1. The van der Waals surface area contributed by atoms with Gasteiger partial charge in [-0.25, -0.2) is 4.79 Å². The number of unbranched alkanes of at least 4 members (excludes halogenated alkanes) is 3. The lowest BCUT2D eigenvalue weighted by atomic mass is 9.91. The topological polar surface area (TPSA) is 66.8 Å². The SMILES string of the molecule is CCCCCCc1cc2c(c(O)c1C(=O)O)C=CC(C)(CCC=C(C)C)O2. The van der Waals surface area contributed by atoms with Gasteiger partial charge in [-0.2, -0.15) is 0 Å². The molecular weight excluding hydrogens is 340 g/mol. The number of aryl methyl sites for hydroxylation is 1. The molecule has 0 saturated heterocycles. The number of allylic oxidation sites excluding steroid dienone is 2. The predicted octanol–water partition coefficient (Wildman–Crippen LogP) is 6.12. The third-order valence-electron chi connectivity index (χ3n) is 5.04. The summed E-state index contributed by atoms with van der Waals surface area (Å²) in [5.41, 5.74) is 1.93. The Morgan fingerprint density at radius 1 is 1.26 bits per heavy atom. The van der Waals surface area contributed by atoms with Crippen molar-refractivity contribution in [3.63, 3.8) is 0 Å². The molecule has 27 heavy (non-hydrogen) atoms. The van der Waals surface area contributed by atoms with Gasteiger partial charge in [0.2, 0.25) is 0 Å². The number of benzene rings is 1. The minimum absolute atomic E-state index is 0.00615. The van der Waals surface area contributed by atoms with Crippen molar-refractivity contribution in [3.05, 3.63) is 40.5 Å². The summed E-state index contributed by atoms with van der Waals surface area (Å²) < 4.78 is 6.22. The van der Waals surface area contributed by atoms with Crippen molar-refractivity contribution in [3.8, 4) is 11.5 Å². The van der Waals surface area contributed by atoms with E-state index in [9.17, 15) is 15.0 Å². The molecule has 0 aromatic heterocycles. The molecule has 4 nitrogen and oxygen atoms in total. The van der Waals surface area contributed by atoms with Crippen LogP contribution in [0.1, 0.15) is 87.7 Å². The number of carboxylic acid groups (broad SMARTS) is 1. The number of hydrogen-bond donors (Lipinski definition) is 2. The van der Waals surface area contributed by atoms with E-state index in [2.05, 4.69) is 26.8 Å². The summed E-state index contributed by atoms with van der Waals surface area (Å²) >= 11 is 0. The van der Waals surface area contributed by atoms with Crippen molar-refractivity contribution in [1.82, 2.24) is 0 Å². The van der Waals surface area contributed by atoms with E-state index in [1.807, 2.05) is 19.1 Å². The molecule has 0 spiro atoms. The Morgan fingerprint density at radius 3 is 2.63 bits per heavy atom. The zero-order valence-electron chi connectivity index (χ0n) is 17.0. The Bertz CT molecular complexity index is 741. The minimum atomic E-state index is -1.09. The van der Waals surface area contributed by atoms with Gasteiger partial charge in [0.15, 0.2) is 0 Å². The number of ether oxygens (including phenoxy) is 1. The van der Waals surface area contributed by atoms with Crippen molar-refractivity contribution in [2.24, 2.45) is 0 Å². The number of rotatable bonds is 9. The van der Waals surface area contributed by atoms with Gasteiger partial charge < -0.3 is 14.9 Å². The van der Waals surface area contributed by atoms with Crippen LogP contribution in [0.3, 0.4) is 0 Å². The van der Waals surface area contributed by atoms with E-state index in [0.29, 0.717) is 23.3 Å². The molecule has 148 valence electrons. The van der Waals surface area contributed by atoms with E-state index in [0.717, 1.165) is 38.5 Å². The molecule has 1 heterocycles. The molecular formula is C23H32O4. The van der Waals surface area contributed by atoms with E-state index in [-0.39, 0.29) is 11.3 Å². The van der Waals surface area contributed by atoms with Crippen LogP contribution in [0, 0.1) is 0 Å². The molecule has 1 aromatic rings. The maximum absolute atomic E-state index is 11.7. The lowest BCUT2D eigenvalue weighted by molar-refractivity contribution is 0.0692. The highest BCUT2D eigenvalue weighted by Crippen LogP contribution is 2.42. The van der Waals surface area contributed by atoms with Crippen molar-refractivity contribution >= 4 is 12.0 Å². The Labute approximate surface area is 162 Å². The molecule has 0 amide bonds. The van der Waals surface area contributed by atoms with E-state index >= 15 is 0 Å². The average Bonchev–Trinajstić information content (AvgIpc) is 2.57. The van der Waals surface area contributed by atoms with E-state index in [1.165, 1.54) is 5.57 Å². The van der Waals surface area contributed by atoms with E-state index < -0.39 is 11.6 Å². The average molecular weight is 373 g/mol. The highest BCUT2D eigenvalue weighted by atomic mass is 16.5. The molecule has 0 aliphatic carbocycles. The Kier molecular flexibility index (Phi) is 7.11. The number of aromatic hydroxyl groups is 1. The third kappa shape index (κ3) is 5.38. The van der Waals surface area contributed by atoms with Crippen LogP contribution in [0.4, 0.5) is 0 Å². The fourth-order valence-electron chi connectivity index (χ4n) is 3.46. The predicted molar refractivity (Wildman–Crippen MR) is 110 cm³/mol. The summed E-state index contributed by atoms with van der Waals surface area (Å²) in [5, 5.41) is 20.2. The van der Waals surface area contributed by atoms with Gasteiger partial charge in [0.1, 0.15) is 22.7 Å². The van der Waals surface area contributed by atoms with Gasteiger partial charge in [-0.1, -0.05) is 37.8 Å². The first-order valence-electron chi connectivity index (χ1n) is 9.91. The molecule has 0 fully saturated rings. The fraction of sp³-hybridized carbons (Fsp3) is 0.522. The summed E-state index contributed by atoms with van der Waals surface area (Å²) in [6.45, 7) is 8.31.